The van der Waals surface area contributed by atoms with Gasteiger partial charge in [0.15, 0.2) is 5.75 Å². The number of ether oxygens (including phenoxy) is 2. The SMILES string of the molecule is CCn1cc(O[C@@H]2COC[C@@H]2NC(=O)CC(F)(F)F)cn1. The molecular formula is C12H16F3N3O3. The molecule has 1 N–H and O–H groups in total. The third kappa shape index (κ3) is 4.62. The van der Waals surface area contributed by atoms with Crippen molar-refractivity contribution in [2.24, 2.45) is 0 Å². The fourth-order valence-corrected chi connectivity index (χ4v) is 1.98. The molecule has 0 aromatic carbocycles. The zero-order chi connectivity index (χ0) is 15.5. The van der Waals surface area contributed by atoms with Gasteiger partial charge in [-0.2, -0.15) is 18.3 Å². The van der Waals surface area contributed by atoms with Crippen LogP contribution in [0.3, 0.4) is 0 Å². The topological polar surface area (TPSA) is 65.4 Å². The van der Waals surface area contributed by atoms with Crippen LogP contribution in [0.25, 0.3) is 0 Å². The third-order valence-electron chi connectivity index (χ3n) is 2.96. The molecule has 0 spiro atoms. The van der Waals surface area contributed by atoms with Gasteiger partial charge in [0.1, 0.15) is 12.5 Å². The van der Waals surface area contributed by atoms with E-state index in [0.717, 1.165) is 0 Å². The molecule has 0 bridgehead atoms. The van der Waals surface area contributed by atoms with E-state index >= 15 is 0 Å². The number of aromatic nitrogens is 2. The number of rotatable bonds is 5. The normalized spacial score (nSPS) is 22.3. The second-order valence-corrected chi connectivity index (χ2v) is 4.69. The largest absolute Gasteiger partial charge is 0.482 e. The summed E-state index contributed by atoms with van der Waals surface area (Å²) in [6, 6.07) is -0.607. The molecule has 1 saturated heterocycles. The molecule has 2 heterocycles. The lowest BCUT2D eigenvalue weighted by atomic mass is 10.2. The predicted octanol–water partition coefficient (Wildman–Crippen LogP) is 1.12. The lowest BCUT2D eigenvalue weighted by Crippen LogP contribution is -2.46. The number of halogens is 3. The van der Waals surface area contributed by atoms with E-state index in [1.807, 2.05) is 6.92 Å². The van der Waals surface area contributed by atoms with Gasteiger partial charge in [-0.15, -0.1) is 0 Å². The first kappa shape index (κ1) is 15.6. The van der Waals surface area contributed by atoms with Crippen molar-refractivity contribution in [1.82, 2.24) is 15.1 Å². The Balaban J connectivity index is 1.89. The number of hydrogen-bond acceptors (Lipinski definition) is 4. The van der Waals surface area contributed by atoms with E-state index in [9.17, 15) is 18.0 Å². The summed E-state index contributed by atoms with van der Waals surface area (Å²) in [5.41, 5.74) is 0. The molecule has 2 atom stereocenters. The van der Waals surface area contributed by atoms with Crippen LogP contribution < -0.4 is 10.1 Å². The van der Waals surface area contributed by atoms with Crippen molar-refractivity contribution < 1.29 is 27.4 Å². The molecule has 0 radical (unpaired) electrons. The summed E-state index contributed by atoms with van der Waals surface area (Å²) < 4.78 is 48.8. The number of carbonyl (C=O) groups is 1. The van der Waals surface area contributed by atoms with Gasteiger partial charge in [0.2, 0.25) is 5.91 Å². The first-order valence-electron chi connectivity index (χ1n) is 6.50. The molecule has 6 nitrogen and oxygen atoms in total. The van der Waals surface area contributed by atoms with Crippen LogP contribution in [0.5, 0.6) is 5.75 Å². The van der Waals surface area contributed by atoms with Crippen LogP contribution in [-0.4, -0.2) is 47.2 Å². The van der Waals surface area contributed by atoms with Crippen LogP contribution in [0.2, 0.25) is 0 Å². The third-order valence-corrected chi connectivity index (χ3v) is 2.96. The highest BCUT2D eigenvalue weighted by molar-refractivity contribution is 5.77. The van der Waals surface area contributed by atoms with Crippen molar-refractivity contribution in [3.8, 4) is 5.75 Å². The Labute approximate surface area is 119 Å². The van der Waals surface area contributed by atoms with Crippen molar-refractivity contribution >= 4 is 5.91 Å². The van der Waals surface area contributed by atoms with Crippen LogP contribution >= 0.6 is 0 Å². The molecule has 1 amide bonds. The number of aryl methyl sites for hydroxylation is 1. The zero-order valence-electron chi connectivity index (χ0n) is 11.4. The van der Waals surface area contributed by atoms with Crippen molar-refractivity contribution in [3.63, 3.8) is 0 Å². The molecular weight excluding hydrogens is 291 g/mol. The molecule has 9 heteroatoms. The van der Waals surface area contributed by atoms with Crippen molar-refractivity contribution in [2.45, 2.75) is 38.2 Å². The molecule has 0 saturated carbocycles. The maximum absolute atomic E-state index is 12.1. The van der Waals surface area contributed by atoms with Gasteiger partial charge >= 0.3 is 6.18 Å². The standard InChI is InChI=1S/C12H16F3N3O3/c1-2-18-5-8(4-16-18)21-10-7-20-6-9(10)17-11(19)3-12(13,14)15/h4-5,9-10H,2-3,6-7H2,1H3,(H,17,19)/t9-,10+/m0/s1. The number of amides is 1. The number of carbonyl (C=O) groups excluding carboxylic acids is 1. The van der Waals surface area contributed by atoms with Crippen LogP contribution in [0, 0.1) is 0 Å². The average Bonchev–Trinajstić information content (AvgIpc) is 2.97. The minimum Gasteiger partial charge on any atom is -0.482 e. The first-order chi connectivity index (χ1) is 9.87. The van der Waals surface area contributed by atoms with Crippen LogP contribution in [0.4, 0.5) is 13.2 Å². The van der Waals surface area contributed by atoms with Crippen LogP contribution in [0.1, 0.15) is 13.3 Å². The van der Waals surface area contributed by atoms with E-state index in [1.54, 1.807) is 10.9 Å². The van der Waals surface area contributed by atoms with Gasteiger partial charge in [-0.25, -0.2) is 0 Å². The summed E-state index contributed by atoms with van der Waals surface area (Å²) in [7, 11) is 0. The van der Waals surface area contributed by atoms with Crippen molar-refractivity contribution in [1.29, 1.82) is 0 Å². The average molecular weight is 307 g/mol. The van der Waals surface area contributed by atoms with Gasteiger partial charge in [-0.3, -0.25) is 9.48 Å². The van der Waals surface area contributed by atoms with Gasteiger partial charge < -0.3 is 14.8 Å². The predicted molar refractivity (Wildman–Crippen MR) is 65.7 cm³/mol. The number of nitrogens with one attached hydrogen (secondary N) is 1. The maximum Gasteiger partial charge on any atom is 0.397 e. The molecule has 1 aromatic rings. The number of hydrogen-bond donors (Lipinski definition) is 1. The highest BCUT2D eigenvalue weighted by Gasteiger charge is 2.36. The summed E-state index contributed by atoms with van der Waals surface area (Å²) in [5.74, 6) is -0.599. The first-order valence-corrected chi connectivity index (χ1v) is 6.50. The van der Waals surface area contributed by atoms with E-state index in [1.165, 1.54) is 6.20 Å². The minimum atomic E-state index is -4.53. The van der Waals surface area contributed by atoms with E-state index in [2.05, 4.69) is 10.4 Å². The fourth-order valence-electron chi connectivity index (χ4n) is 1.98. The molecule has 1 aliphatic heterocycles. The lowest BCUT2D eigenvalue weighted by molar-refractivity contribution is -0.154. The summed E-state index contributed by atoms with van der Waals surface area (Å²) in [4.78, 5) is 11.3. The van der Waals surface area contributed by atoms with Crippen LogP contribution in [0.15, 0.2) is 12.4 Å². The van der Waals surface area contributed by atoms with E-state index < -0.39 is 30.7 Å². The second kappa shape index (κ2) is 6.33. The molecule has 2 rings (SSSR count). The minimum absolute atomic E-state index is 0.121. The quantitative estimate of drug-likeness (QED) is 0.885. The molecule has 1 aromatic heterocycles. The zero-order valence-corrected chi connectivity index (χ0v) is 11.4. The molecule has 0 aliphatic carbocycles. The van der Waals surface area contributed by atoms with E-state index in [0.29, 0.717) is 12.3 Å². The Morgan fingerprint density at radius 1 is 1.57 bits per heavy atom. The van der Waals surface area contributed by atoms with Gasteiger partial charge in [-0.05, 0) is 6.92 Å². The fraction of sp³-hybridized carbons (Fsp3) is 0.667. The molecule has 118 valence electrons. The second-order valence-electron chi connectivity index (χ2n) is 4.69. The summed E-state index contributed by atoms with van der Waals surface area (Å²) in [6.45, 7) is 2.91. The monoisotopic (exact) mass is 307 g/mol. The van der Waals surface area contributed by atoms with Gasteiger partial charge in [0.05, 0.1) is 31.6 Å². The lowest BCUT2D eigenvalue weighted by Gasteiger charge is -2.20. The summed E-state index contributed by atoms with van der Waals surface area (Å²) >= 11 is 0. The van der Waals surface area contributed by atoms with Crippen LogP contribution in [-0.2, 0) is 16.1 Å². The Morgan fingerprint density at radius 3 is 2.95 bits per heavy atom. The number of nitrogens with zero attached hydrogens (tertiary/aromatic N) is 2. The van der Waals surface area contributed by atoms with Crippen molar-refractivity contribution in [2.75, 3.05) is 13.2 Å². The van der Waals surface area contributed by atoms with Gasteiger partial charge in [0.25, 0.3) is 0 Å². The summed E-state index contributed by atoms with van der Waals surface area (Å²) in [5, 5.41) is 6.32. The molecule has 1 aliphatic rings. The van der Waals surface area contributed by atoms with E-state index in [4.69, 9.17) is 9.47 Å². The van der Waals surface area contributed by atoms with Gasteiger partial charge in [0, 0.05) is 6.54 Å². The Morgan fingerprint density at radius 2 is 2.33 bits per heavy atom. The Kier molecular flexibility index (Phi) is 4.71. The maximum atomic E-state index is 12.1. The number of alkyl halides is 3. The molecule has 1 fully saturated rings. The Bertz CT molecular complexity index is 490. The highest BCUT2D eigenvalue weighted by atomic mass is 19.4. The Hall–Kier alpha value is -1.77. The van der Waals surface area contributed by atoms with E-state index in [-0.39, 0.29) is 13.2 Å². The molecule has 21 heavy (non-hydrogen) atoms. The van der Waals surface area contributed by atoms with Gasteiger partial charge in [-0.1, -0.05) is 0 Å². The summed E-state index contributed by atoms with van der Waals surface area (Å²) in [6.07, 6.45) is -3.38. The highest BCUT2D eigenvalue weighted by Crippen LogP contribution is 2.20. The van der Waals surface area contributed by atoms with Crippen molar-refractivity contribution in [3.05, 3.63) is 12.4 Å². The molecule has 0 unspecified atom stereocenters. The smallest absolute Gasteiger partial charge is 0.397 e.